The van der Waals surface area contributed by atoms with Gasteiger partial charge in [-0.2, -0.15) is 0 Å². The summed E-state index contributed by atoms with van der Waals surface area (Å²) in [5, 5.41) is 0. The van der Waals surface area contributed by atoms with Gasteiger partial charge in [-0.25, -0.2) is 4.98 Å². The average molecular weight is 330 g/mol. The van der Waals surface area contributed by atoms with Gasteiger partial charge in [-0.3, -0.25) is 15.8 Å². The molecule has 1 aromatic heterocycles. The second kappa shape index (κ2) is 7.79. The van der Waals surface area contributed by atoms with Gasteiger partial charge in [0.1, 0.15) is 11.5 Å². The molecule has 0 bridgehead atoms. The molecule has 2 N–H and O–H groups in total. The number of ether oxygens (including phenoxy) is 1. The van der Waals surface area contributed by atoms with E-state index < -0.39 is 0 Å². The van der Waals surface area contributed by atoms with Gasteiger partial charge >= 0.3 is 0 Å². The summed E-state index contributed by atoms with van der Waals surface area (Å²) in [6, 6.07) is 8.35. The molecule has 1 aliphatic heterocycles. The number of hydrogen-bond acceptors (Lipinski definition) is 6. The zero-order chi connectivity index (χ0) is 16.9. The first kappa shape index (κ1) is 17.0. The van der Waals surface area contributed by atoms with E-state index in [1.165, 1.54) is 0 Å². The molecule has 0 spiro atoms. The first-order chi connectivity index (χ1) is 11.7. The number of rotatable bonds is 7. The lowest BCUT2D eigenvalue weighted by molar-refractivity contribution is 0.285. The maximum atomic E-state index is 5.91. The van der Waals surface area contributed by atoms with Crippen LogP contribution in [0, 0.1) is 6.92 Å². The van der Waals surface area contributed by atoms with Gasteiger partial charge in [0.25, 0.3) is 0 Å². The Hall–Kier alpha value is -1.89. The zero-order valence-corrected chi connectivity index (χ0v) is 14.6. The van der Waals surface area contributed by atoms with Crippen LogP contribution in [-0.4, -0.2) is 42.7 Å². The minimum atomic E-state index is 0.486. The quantitative estimate of drug-likeness (QED) is 0.812. The molecule has 2 aromatic rings. The topological polar surface area (TPSA) is 62.6 Å². The molecule has 2 heterocycles. The fraction of sp³-hybridized carbons (Fsp3) is 0.500. The van der Waals surface area contributed by atoms with Gasteiger partial charge in [0.15, 0.2) is 0 Å². The van der Waals surface area contributed by atoms with Gasteiger partial charge in [0.05, 0.1) is 17.9 Å². The van der Waals surface area contributed by atoms with Crippen molar-refractivity contribution in [2.75, 3.05) is 26.7 Å². The third kappa shape index (κ3) is 3.95. The maximum absolute atomic E-state index is 5.91. The van der Waals surface area contributed by atoms with Crippen molar-refractivity contribution in [1.82, 2.24) is 20.7 Å². The van der Waals surface area contributed by atoms with Crippen LogP contribution < -0.4 is 15.6 Å². The number of aryl methyl sites for hydroxylation is 1. The van der Waals surface area contributed by atoms with Crippen molar-refractivity contribution in [3.8, 4) is 17.2 Å². The maximum Gasteiger partial charge on any atom is 0.230 e. The van der Waals surface area contributed by atoms with Crippen molar-refractivity contribution in [2.45, 2.75) is 32.9 Å². The minimum absolute atomic E-state index is 0.486. The van der Waals surface area contributed by atoms with Crippen LogP contribution in [0.25, 0.3) is 11.5 Å². The monoisotopic (exact) mass is 330 g/mol. The summed E-state index contributed by atoms with van der Waals surface area (Å²) in [7, 11) is 2.11. The smallest absolute Gasteiger partial charge is 0.230 e. The fourth-order valence-electron chi connectivity index (χ4n) is 2.98. The van der Waals surface area contributed by atoms with Gasteiger partial charge in [0, 0.05) is 25.7 Å². The SMILES string of the molecule is CCOc1ccccc1-c1nc(CN(C)CC2CCNN2)c(C)o1. The van der Waals surface area contributed by atoms with Gasteiger partial charge in [-0.1, -0.05) is 12.1 Å². The lowest BCUT2D eigenvalue weighted by Crippen LogP contribution is -2.38. The summed E-state index contributed by atoms with van der Waals surface area (Å²) in [6.45, 7) is 7.34. The van der Waals surface area contributed by atoms with Crippen LogP contribution in [0.2, 0.25) is 0 Å². The molecule has 6 nitrogen and oxygen atoms in total. The molecular weight excluding hydrogens is 304 g/mol. The third-order valence-electron chi connectivity index (χ3n) is 4.19. The number of likely N-dealkylation sites (N-methyl/N-ethyl adjacent to an activating group) is 1. The number of hydrazine groups is 1. The Bertz CT molecular complexity index is 665. The van der Waals surface area contributed by atoms with Gasteiger partial charge in [-0.15, -0.1) is 0 Å². The highest BCUT2D eigenvalue weighted by molar-refractivity contribution is 5.63. The van der Waals surface area contributed by atoms with E-state index in [0.717, 1.165) is 48.8 Å². The lowest BCUT2D eigenvalue weighted by atomic mass is 10.2. The second-order valence-electron chi connectivity index (χ2n) is 6.20. The molecule has 0 saturated carbocycles. The molecule has 1 unspecified atom stereocenters. The van der Waals surface area contributed by atoms with E-state index in [1.807, 2.05) is 38.1 Å². The van der Waals surface area contributed by atoms with Crippen LogP contribution in [0.5, 0.6) is 5.75 Å². The van der Waals surface area contributed by atoms with Crippen molar-refractivity contribution in [2.24, 2.45) is 0 Å². The molecule has 1 aliphatic rings. The number of aromatic nitrogens is 1. The van der Waals surface area contributed by atoms with E-state index in [9.17, 15) is 0 Å². The van der Waals surface area contributed by atoms with E-state index in [2.05, 4.69) is 22.8 Å². The molecular formula is C18H26N4O2. The Morgan fingerprint density at radius 1 is 1.38 bits per heavy atom. The fourth-order valence-corrected chi connectivity index (χ4v) is 2.98. The summed E-state index contributed by atoms with van der Waals surface area (Å²) in [5.74, 6) is 2.30. The Labute approximate surface area is 143 Å². The molecule has 130 valence electrons. The predicted molar refractivity (Wildman–Crippen MR) is 93.7 cm³/mol. The average Bonchev–Trinajstić information content (AvgIpc) is 3.19. The summed E-state index contributed by atoms with van der Waals surface area (Å²) in [5.41, 5.74) is 8.34. The van der Waals surface area contributed by atoms with E-state index in [-0.39, 0.29) is 0 Å². The summed E-state index contributed by atoms with van der Waals surface area (Å²) < 4.78 is 11.6. The molecule has 3 rings (SSSR count). The van der Waals surface area contributed by atoms with Crippen molar-refractivity contribution < 1.29 is 9.15 Å². The normalized spacial score (nSPS) is 17.6. The summed E-state index contributed by atoms with van der Waals surface area (Å²) >= 11 is 0. The standard InChI is InChI=1S/C18H26N4O2/c1-4-23-17-8-6-5-7-15(17)18-20-16(13(2)24-18)12-22(3)11-14-9-10-19-21-14/h5-8,14,19,21H,4,9-12H2,1-3H3. The lowest BCUT2D eigenvalue weighted by Gasteiger charge is -2.19. The van der Waals surface area contributed by atoms with Crippen molar-refractivity contribution in [1.29, 1.82) is 0 Å². The first-order valence-corrected chi connectivity index (χ1v) is 8.52. The van der Waals surface area contributed by atoms with Crippen LogP contribution in [0.4, 0.5) is 0 Å². The van der Waals surface area contributed by atoms with E-state index >= 15 is 0 Å². The first-order valence-electron chi connectivity index (χ1n) is 8.52. The largest absolute Gasteiger partial charge is 0.493 e. The number of benzene rings is 1. The summed E-state index contributed by atoms with van der Waals surface area (Å²) in [6.07, 6.45) is 1.15. The van der Waals surface area contributed by atoms with E-state index in [1.54, 1.807) is 0 Å². The molecule has 0 amide bonds. The van der Waals surface area contributed by atoms with Gasteiger partial charge < -0.3 is 9.15 Å². The summed E-state index contributed by atoms with van der Waals surface area (Å²) in [4.78, 5) is 6.98. The highest BCUT2D eigenvalue weighted by atomic mass is 16.5. The third-order valence-corrected chi connectivity index (χ3v) is 4.19. The van der Waals surface area contributed by atoms with E-state index in [4.69, 9.17) is 14.1 Å². The van der Waals surface area contributed by atoms with Gasteiger partial charge in [0.2, 0.25) is 5.89 Å². The highest BCUT2D eigenvalue weighted by Crippen LogP contribution is 2.30. The molecule has 1 fully saturated rings. The highest BCUT2D eigenvalue weighted by Gasteiger charge is 2.19. The molecule has 1 saturated heterocycles. The number of hydrogen-bond donors (Lipinski definition) is 2. The second-order valence-corrected chi connectivity index (χ2v) is 6.20. The number of para-hydroxylation sites is 1. The van der Waals surface area contributed by atoms with E-state index in [0.29, 0.717) is 18.5 Å². The molecule has 0 radical (unpaired) electrons. The van der Waals surface area contributed by atoms with Crippen LogP contribution in [0.3, 0.4) is 0 Å². The number of nitrogens with one attached hydrogen (secondary N) is 2. The predicted octanol–water partition coefficient (Wildman–Crippen LogP) is 2.35. The molecule has 6 heteroatoms. The van der Waals surface area contributed by atoms with Crippen molar-refractivity contribution in [3.05, 3.63) is 35.7 Å². The molecule has 24 heavy (non-hydrogen) atoms. The van der Waals surface area contributed by atoms with Crippen molar-refractivity contribution >= 4 is 0 Å². The Morgan fingerprint density at radius 2 is 2.21 bits per heavy atom. The molecule has 0 aliphatic carbocycles. The number of nitrogens with zero attached hydrogens (tertiary/aromatic N) is 2. The van der Waals surface area contributed by atoms with Crippen LogP contribution >= 0.6 is 0 Å². The van der Waals surface area contributed by atoms with Crippen molar-refractivity contribution in [3.63, 3.8) is 0 Å². The van der Waals surface area contributed by atoms with Crippen LogP contribution in [0.1, 0.15) is 24.8 Å². The minimum Gasteiger partial charge on any atom is -0.493 e. The van der Waals surface area contributed by atoms with Crippen LogP contribution in [-0.2, 0) is 6.54 Å². The Balaban J connectivity index is 1.73. The van der Waals surface area contributed by atoms with Crippen LogP contribution in [0.15, 0.2) is 28.7 Å². The molecule has 1 aromatic carbocycles. The molecule has 1 atom stereocenters. The van der Waals surface area contributed by atoms with Gasteiger partial charge in [-0.05, 0) is 39.4 Å². The Morgan fingerprint density at radius 3 is 2.96 bits per heavy atom. The Kier molecular flexibility index (Phi) is 5.50. The zero-order valence-electron chi connectivity index (χ0n) is 14.6. The number of oxazole rings is 1.